The summed E-state index contributed by atoms with van der Waals surface area (Å²) in [5.74, 6) is 0.947. The Morgan fingerprint density at radius 2 is 1.88 bits per heavy atom. The number of hydrogen-bond acceptors (Lipinski definition) is 6. The van der Waals surface area contributed by atoms with Crippen LogP contribution >= 0.6 is 0 Å². The normalized spacial score (nSPS) is 20.2. The Morgan fingerprint density at radius 3 is 2.46 bits per heavy atom. The van der Waals surface area contributed by atoms with Gasteiger partial charge in [0.05, 0.1) is 12.5 Å². The van der Waals surface area contributed by atoms with Gasteiger partial charge in [-0.15, -0.1) is 0 Å². The maximum Gasteiger partial charge on any atom is 0.260 e. The zero-order valence-electron chi connectivity index (χ0n) is 13.2. The second kappa shape index (κ2) is 6.14. The van der Waals surface area contributed by atoms with Gasteiger partial charge >= 0.3 is 0 Å². The number of hydrogen-bond donors (Lipinski definition) is 1. The minimum absolute atomic E-state index is 0.163. The molecule has 1 N–H and O–H groups in total. The van der Waals surface area contributed by atoms with Gasteiger partial charge in [-0.2, -0.15) is 4.31 Å². The summed E-state index contributed by atoms with van der Waals surface area (Å²) in [7, 11) is -3.47. The number of aromatic amines is 1. The van der Waals surface area contributed by atoms with Gasteiger partial charge in [-0.05, 0) is 31.7 Å². The molecule has 1 aliphatic heterocycles. The average molecular weight is 348 g/mol. The summed E-state index contributed by atoms with van der Waals surface area (Å²) in [6.45, 7) is 1.03. The quantitative estimate of drug-likeness (QED) is 0.867. The van der Waals surface area contributed by atoms with Crippen LogP contribution in [-0.4, -0.2) is 57.8 Å². The van der Waals surface area contributed by atoms with Crippen LogP contribution in [0.3, 0.4) is 0 Å². The van der Waals surface area contributed by atoms with Crippen molar-refractivity contribution in [3.05, 3.63) is 31.1 Å². The van der Waals surface area contributed by atoms with Gasteiger partial charge in [0.1, 0.15) is 12.1 Å². The van der Waals surface area contributed by atoms with Crippen LogP contribution in [0, 0.1) is 0 Å². The first kappa shape index (κ1) is 15.5. The van der Waals surface area contributed by atoms with Crippen LogP contribution in [0.4, 0.5) is 5.82 Å². The first-order chi connectivity index (χ1) is 11.7. The Balaban J connectivity index is 1.47. The van der Waals surface area contributed by atoms with Crippen LogP contribution in [-0.2, 0) is 10.0 Å². The van der Waals surface area contributed by atoms with E-state index in [-0.39, 0.29) is 5.03 Å². The Labute approximate surface area is 141 Å². The van der Waals surface area contributed by atoms with Crippen molar-refractivity contribution in [3.8, 4) is 0 Å². The average Bonchev–Trinajstić information content (AvgIpc) is 3.27. The first-order valence-corrected chi connectivity index (χ1v) is 9.63. The number of rotatable bonds is 5. The molecular formula is C15H20N6O2S. The highest BCUT2D eigenvalue weighted by Gasteiger charge is 2.38. The predicted molar refractivity (Wildman–Crippen MR) is 87.9 cm³/mol. The summed E-state index contributed by atoms with van der Waals surface area (Å²) in [6.07, 6.45) is 10.0. The maximum absolute atomic E-state index is 12.6. The van der Waals surface area contributed by atoms with Gasteiger partial charge in [0.25, 0.3) is 10.0 Å². The van der Waals surface area contributed by atoms with Crippen LogP contribution in [0.25, 0.3) is 0 Å². The van der Waals surface area contributed by atoms with E-state index >= 15 is 0 Å². The van der Waals surface area contributed by atoms with Crippen molar-refractivity contribution in [3.63, 3.8) is 0 Å². The van der Waals surface area contributed by atoms with Gasteiger partial charge < -0.3 is 9.88 Å². The molecule has 0 unspecified atom stereocenters. The molecule has 2 aliphatic rings. The van der Waals surface area contributed by atoms with Crippen molar-refractivity contribution in [1.82, 2.24) is 24.2 Å². The second-order valence-corrected chi connectivity index (χ2v) is 8.16. The number of piperidine rings is 1. The van der Waals surface area contributed by atoms with E-state index in [2.05, 4.69) is 24.8 Å². The number of sulfonamides is 1. The molecule has 0 atom stereocenters. The molecule has 2 fully saturated rings. The molecule has 1 aliphatic carbocycles. The van der Waals surface area contributed by atoms with E-state index in [1.54, 1.807) is 16.8 Å². The molecule has 1 saturated carbocycles. The third-order valence-electron chi connectivity index (χ3n) is 4.68. The third-order valence-corrected chi connectivity index (χ3v) is 6.50. The van der Waals surface area contributed by atoms with Crippen LogP contribution in [0.15, 0.2) is 36.1 Å². The highest BCUT2D eigenvalue weighted by molar-refractivity contribution is 7.89. The smallest absolute Gasteiger partial charge is 0.260 e. The number of anilines is 1. The van der Waals surface area contributed by atoms with Crippen molar-refractivity contribution < 1.29 is 8.42 Å². The molecule has 1 saturated heterocycles. The molecule has 24 heavy (non-hydrogen) atoms. The lowest BCUT2D eigenvalue weighted by Gasteiger charge is -2.38. The molecule has 0 spiro atoms. The SMILES string of the molecule is O=S(=O)(c1cnc[nH]1)N1CCC(N(c2ccncn2)C2CC2)CC1. The molecule has 0 amide bonds. The lowest BCUT2D eigenvalue weighted by molar-refractivity contribution is 0.307. The van der Waals surface area contributed by atoms with Gasteiger partial charge in [-0.1, -0.05) is 0 Å². The number of imidazole rings is 1. The highest BCUT2D eigenvalue weighted by Crippen LogP contribution is 2.35. The summed E-state index contributed by atoms with van der Waals surface area (Å²) < 4.78 is 26.7. The lowest BCUT2D eigenvalue weighted by atomic mass is 10.0. The summed E-state index contributed by atoms with van der Waals surface area (Å²) in [5, 5.41) is 0.163. The van der Waals surface area contributed by atoms with E-state index in [1.807, 2.05) is 6.07 Å². The standard InChI is InChI=1S/C15H20N6O2S/c22-24(23,15-9-17-11-19-15)20-7-4-13(5-8-20)21(12-1-2-12)14-3-6-16-10-18-14/h3,6,9-13H,1-2,4-5,7-8H2,(H,17,19). The molecule has 9 heteroatoms. The highest BCUT2D eigenvalue weighted by atomic mass is 32.2. The molecule has 0 radical (unpaired) electrons. The first-order valence-electron chi connectivity index (χ1n) is 8.19. The van der Waals surface area contributed by atoms with Crippen molar-refractivity contribution >= 4 is 15.8 Å². The van der Waals surface area contributed by atoms with Gasteiger partial charge in [-0.3, -0.25) is 0 Å². The molecule has 128 valence electrons. The Kier molecular flexibility index (Phi) is 3.97. The molecule has 2 aromatic rings. The third kappa shape index (κ3) is 2.89. The van der Waals surface area contributed by atoms with Gasteiger partial charge in [0.2, 0.25) is 0 Å². The molecule has 8 nitrogen and oxygen atoms in total. The van der Waals surface area contributed by atoms with Crippen molar-refractivity contribution in [2.75, 3.05) is 18.0 Å². The number of aromatic nitrogens is 4. The fraction of sp³-hybridized carbons (Fsp3) is 0.533. The van der Waals surface area contributed by atoms with Crippen LogP contribution in [0.5, 0.6) is 0 Å². The minimum atomic E-state index is -3.47. The zero-order valence-corrected chi connectivity index (χ0v) is 14.1. The minimum Gasteiger partial charge on any atom is -0.350 e. The number of nitrogens with zero attached hydrogens (tertiary/aromatic N) is 5. The maximum atomic E-state index is 12.6. The van der Waals surface area contributed by atoms with Crippen LogP contribution in [0.2, 0.25) is 0 Å². The fourth-order valence-electron chi connectivity index (χ4n) is 3.35. The molecule has 2 aromatic heterocycles. The van der Waals surface area contributed by atoms with Crippen molar-refractivity contribution in [2.45, 2.75) is 42.8 Å². The van der Waals surface area contributed by atoms with E-state index in [0.29, 0.717) is 25.2 Å². The van der Waals surface area contributed by atoms with Crippen LogP contribution in [0.1, 0.15) is 25.7 Å². The Hall–Kier alpha value is -2.00. The molecule has 4 rings (SSSR count). The molecule has 3 heterocycles. The summed E-state index contributed by atoms with van der Waals surface area (Å²) in [5.41, 5.74) is 0. The van der Waals surface area contributed by atoms with Crippen molar-refractivity contribution in [1.29, 1.82) is 0 Å². The van der Waals surface area contributed by atoms with Gasteiger partial charge in [0.15, 0.2) is 5.03 Å². The van der Waals surface area contributed by atoms with E-state index in [4.69, 9.17) is 0 Å². The summed E-state index contributed by atoms with van der Waals surface area (Å²) >= 11 is 0. The predicted octanol–water partition coefficient (Wildman–Crippen LogP) is 1.02. The Bertz CT molecular complexity index is 768. The summed E-state index contributed by atoms with van der Waals surface area (Å²) in [6, 6.07) is 2.78. The second-order valence-electron chi connectivity index (χ2n) is 6.26. The van der Waals surface area contributed by atoms with E-state index in [1.165, 1.54) is 25.4 Å². The largest absolute Gasteiger partial charge is 0.350 e. The Morgan fingerprint density at radius 1 is 1.12 bits per heavy atom. The number of H-pyrrole nitrogens is 1. The molecular weight excluding hydrogens is 328 g/mol. The van der Waals surface area contributed by atoms with Gasteiger partial charge in [0, 0.05) is 31.4 Å². The molecule has 0 aromatic carbocycles. The summed E-state index contributed by atoms with van der Waals surface area (Å²) in [4.78, 5) is 17.3. The van der Waals surface area contributed by atoms with E-state index in [0.717, 1.165) is 18.7 Å². The van der Waals surface area contributed by atoms with E-state index in [9.17, 15) is 8.42 Å². The number of nitrogens with one attached hydrogen (secondary N) is 1. The van der Waals surface area contributed by atoms with Crippen LogP contribution < -0.4 is 4.90 Å². The topological polar surface area (TPSA) is 95.1 Å². The molecule has 0 bridgehead atoms. The lowest BCUT2D eigenvalue weighted by Crippen LogP contribution is -2.48. The van der Waals surface area contributed by atoms with Crippen molar-refractivity contribution in [2.24, 2.45) is 0 Å². The zero-order chi connectivity index (χ0) is 16.6. The monoisotopic (exact) mass is 348 g/mol. The fourth-order valence-corrected chi connectivity index (χ4v) is 4.71. The van der Waals surface area contributed by atoms with E-state index < -0.39 is 10.0 Å². The van der Waals surface area contributed by atoms with Gasteiger partial charge in [-0.25, -0.2) is 23.4 Å².